The number of benzene rings is 2. The molecular formula is C64H75N9O9. The lowest BCUT2D eigenvalue weighted by Crippen LogP contribution is -2.75. The standard InChI is InChI=1S/C64H75N9O9/c1-39(74)80-46-33-53(45-31-51(76)59(77)55(32-45)79-28-20-41-10-7-24-66-36-41)82-56(34-46)63-21-4-12-43-11-2-3-14-48(43)70-61(78)58-60(73-37-44-19-27-67-49(44)38-73)71-62(69-25-8-9-40-18-26-68-57(65)30-40)72-64(58)23-6-15-52(47(64)13-5-22-63)81-54-29-42(35-63)16-17-50(54)75/h7,10,16-19,24,27,29-32,36-38,43,46-48,52-53,56,58,60-61,67-68,70,75-78H,2-3,6,8-9,11,14-15,20-23,25-26,28,33-35,65H2,1H3,(H2,69,71,72). The third-order valence-electron chi connectivity index (χ3n) is 18.1. The van der Waals surface area contributed by atoms with Gasteiger partial charge in [-0.25, -0.2) is 0 Å². The Labute approximate surface area is 478 Å². The van der Waals surface area contributed by atoms with Gasteiger partial charge in [0.2, 0.25) is 5.75 Å². The number of hydrogen-bond donors (Lipinski definition) is 10. The highest BCUT2D eigenvalue weighted by atomic mass is 16.6. The van der Waals surface area contributed by atoms with Crippen molar-refractivity contribution in [1.29, 1.82) is 0 Å². The number of phenolic OH excluding ortho intramolecular Hbond substituents is 3. The maximum Gasteiger partial charge on any atom is 0.302 e. The van der Waals surface area contributed by atoms with Crippen molar-refractivity contribution in [2.24, 2.45) is 33.9 Å². The van der Waals surface area contributed by atoms with E-state index in [4.69, 9.17) is 29.7 Å². The van der Waals surface area contributed by atoms with E-state index in [0.29, 0.717) is 81.1 Å². The van der Waals surface area contributed by atoms with Crippen molar-refractivity contribution >= 4 is 22.8 Å². The smallest absolute Gasteiger partial charge is 0.302 e. The molecule has 18 heteroatoms. The number of fused-ring (bicyclic) bond motifs is 6. The molecule has 18 nitrogen and oxygen atoms in total. The molecule has 0 amide bonds. The van der Waals surface area contributed by atoms with Crippen LogP contribution in [0.3, 0.4) is 0 Å². The maximum atomic E-state index is 13.3. The second-order valence-electron chi connectivity index (χ2n) is 23.6. The van der Waals surface area contributed by atoms with Crippen molar-refractivity contribution in [3.8, 4) is 52.4 Å². The summed E-state index contributed by atoms with van der Waals surface area (Å²) >= 11 is 0. The largest absolute Gasteiger partial charge is 0.504 e. The minimum atomic E-state index is -1.06. The third kappa shape index (κ3) is 11.5. The number of aliphatic imine (C=N–C) groups is 1. The number of allylic oxidation sites excluding steroid dienone is 2. The fourth-order valence-corrected chi connectivity index (χ4v) is 14.1. The summed E-state index contributed by atoms with van der Waals surface area (Å²) in [5.74, 6) is 14.4. The van der Waals surface area contributed by atoms with Crippen LogP contribution in [0.5, 0.6) is 28.7 Å². The van der Waals surface area contributed by atoms with E-state index in [1.54, 1.807) is 24.5 Å². The van der Waals surface area contributed by atoms with Gasteiger partial charge < -0.3 is 70.6 Å². The first kappa shape index (κ1) is 54.8. The van der Waals surface area contributed by atoms with Gasteiger partial charge in [-0.15, -0.1) is 11.8 Å². The number of carbonyl (C=O) groups is 1. The number of dihydropyridines is 1. The first-order valence-electron chi connectivity index (χ1n) is 29.3. The summed E-state index contributed by atoms with van der Waals surface area (Å²) in [5.41, 5.74) is 8.82. The molecule has 11 N–H and O–H groups in total. The van der Waals surface area contributed by atoms with E-state index in [1.807, 2.05) is 42.6 Å². The van der Waals surface area contributed by atoms with E-state index >= 15 is 0 Å². The number of aromatic hydroxyl groups is 3. The molecule has 7 aliphatic rings. The third-order valence-corrected chi connectivity index (χ3v) is 18.1. The average molecular weight is 1110 g/mol. The second kappa shape index (κ2) is 23.6. The molecule has 12 atom stereocenters. The molecule has 2 aliphatic carbocycles. The van der Waals surface area contributed by atoms with Crippen molar-refractivity contribution in [2.75, 3.05) is 19.7 Å². The Hall–Kier alpha value is -7.77. The zero-order chi connectivity index (χ0) is 56.4. The molecule has 12 unspecified atom stereocenters. The van der Waals surface area contributed by atoms with Gasteiger partial charge in [0.1, 0.15) is 24.6 Å². The molecule has 82 heavy (non-hydrogen) atoms. The molecule has 2 saturated heterocycles. The number of aliphatic hydroxyl groups is 1. The van der Waals surface area contributed by atoms with Crippen LogP contribution < -0.4 is 36.5 Å². The van der Waals surface area contributed by atoms with Crippen LogP contribution in [0.25, 0.3) is 10.9 Å². The minimum absolute atomic E-state index is 0.00395. The topological polar surface area (TPSA) is 255 Å². The molecule has 2 saturated carbocycles. The quantitative estimate of drug-likeness (QED) is 0.0251. The molecule has 4 fully saturated rings. The van der Waals surface area contributed by atoms with Gasteiger partial charge in [0.05, 0.1) is 47.5 Å². The van der Waals surface area contributed by atoms with Gasteiger partial charge in [-0.1, -0.05) is 42.9 Å². The highest BCUT2D eigenvalue weighted by molar-refractivity contribution is 5.83. The van der Waals surface area contributed by atoms with Crippen LogP contribution in [0.15, 0.2) is 108 Å². The zero-order valence-electron chi connectivity index (χ0n) is 46.4. The minimum Gasteiger partial charge on any atom is -0.504 e. The van der Waals surface area contributed by atoms with E-state index in [0.717, 1.165) is 72.5 Å². The van der Waals surface area contributed by atoms with Crippen LogP contribution >= 0.6 is 0 Å². The monoisotopic (exact) mass is 1110 g/mol. The number of pyridine rings is 1. The van der Waals surface area contributed by atoms with Gasteiger partial charge in [-0.2, -0.15) is 0 Å². The number of aromatic nitrogens is 3. The van der Waals surface area contributed by atoms with E-state index < -0.39 is 65.6 Å². The summed E-state index contributed by atoms with van der Waals surface area (Å²) in [7, 11) is 0. The van der Waals surface area contributed by atoms with Crippen LogP contribution in [0, 0.1) is 46.9 Å². The number of rotatable bonds is 12. The number of carbonyl (C=O) groups excluding carboxylic acids is 1. The van der Waals surface area contributed by atoms with E-state index in [-0.39, 0.29) is 48.0 Å². The number of ether oxygens (including phenoxy) is 4. The Morgan fingerprint density at radius 2 is 1.88 bits per heavy atom. The fraction of sp³-hybridized carbons (Fsp3) is 0.484. The number of phenols is 3. The van der Waals surface area contributed by atoms with Crippen molar-refractivity contribution in [2.45, 2.75) is 152 Å². The Kier molecular flexibility index (Phi) is 15.8. The summed E-state index contributed by atoms with van der Waals surface area (Å²) < 4.78 is 29.0. The fourth-order valence-electron chi connectivity index (χ4n) is 14.1. The number of nitrogens with zero attached hydrogens (tertiary/aromatic N) is 3. The Morgan fingerprint density at radius 3 is 2.72 bits per heavy atom. The molecule has 430 valence electrons. The number of esters is 1. The number of hydrogen-bond acceptors (Lipinski definition) is 14. The van der Waals surface area contributed by atoms with Crippen LogP contribution in [0.1, 0.15) is 119 Å². The lowest BCUT2D eigenvalue weighted by Gasteiger charge is -2.57. The highest BCUT2D eigenvalue weighted by Gasteiger charge is 2.60. The molecule has 1 spiro atoms. The highest BCUT2D eigenvalue weighted by Crippen LogP contribution is 2.52. The van der Waals surface area contributed by atoms with Crippen molar-refractivity contribution in [1.82, 2.24) is 35.8 Å². The lowest BCUT2D eigenvalue weighted by atomic mass is 9.61. The summed E-state index contributed by atoms with van der Waals surface area (Å²) in [6, 6.07) is 14.4. The summed E-state index contributed by atoms with van der Waals surface area (Å²) in [5, 5.41) is 63.3. The van der Waals surface area contributed by atoms with Crippen molar-refractivity contribution in [3.63, 3.8) is 0 Å². The SMILES string of the molecule is CC(=O)OC1CC(c2cc(O)c(O)c(OCCc3cccnc3)c2)OC(C23CC#CC4CCCCC4NC(O)C4C(n5cc6cc[nH]c6c5)NC(=NCCCC5=CCNC(N)=C5)NC45CCCC(Oc4cc(ccc4O)C2)C5C#CC3)C1. The van der Waals surface area contributed by atoms with Gasteiger partial charge in [0.25, 0.3) is 0 Å². The molecule has 0 radical (unpaired) electrons. The summed E-state index contributed by atoms with van der Waals surface area (Å²) in [6.45, 7) is 2.81. The molecule has 12 rings (SSSR count). The number of guanidine groups is 1. The zero-order valence-corrected chi connectivity index (χ0v) is 46.4. The van der Waals surface area contributed by atoms with Crippen LogP contribution in [-0.2, 0) is 27.1 Å². The molecule has 2 aromatic carbocycles. The molecule has 5 aliphatic heterocycles. The van der Waals surface area contributed by atoms with Crippen LogP contribution in [0.4, 0.5) is 0 Å². The Morgan fingerprint density at radius 1 is 1.00 bits per heavy atom. The van der Waals surface area contributed by atoms with Crippen LogP contribution in [0.2, 0.25) is 0 Å². The van der Waals surface area contributed by atoms with Crippen molar-refractivity contribution in [3.05, 3.63) is 120 Å². The molecule has 3 aromatic heterocycles. The van der Waals surface area contributed by atoms with Gasteiger partial charge >= 0.3 is 5.97 Å². The molecular weight excluding hydrogens is 1040 g/mol. The molecule has 8 heterocycles. The number of nitrogens with two attached hydrogens (primary N) is 1. The summed E-state index contributed by atoms with van der Waals surface area (Å²) in [4.78, 5) is 25.9. The Balaban J connectivity index is 0.979. The van der Waals surface area contributed by atoms with E-state index in [2.05, 4.69) is 78.0 Å². The van der Waals surface area contributed by atoms with E-state index in [9.17, 15) is 25.2 Å². The predicted octanol–water partition coefficient (Wildman–Crippen LogP) is 7.52. The van der Waals surface area contributed by atoms with Crippen LogP contribution in [-0.4, -0.2) is 103 Å². The van der Waals surface area contributed by atoms with Gasteiger partial charge in [0, 0.05) is 106 Å². The van der Waals surface area contributed by atoms with E-state index in [1.165, 1.54) is 13.0 Å². The number of aliphatic hydroxyl groups excluding tert-OH is 1. The number of aromatic amines is 1. The number of nitrogens with one attached hydrogen (secondary N) is 5. The average Bonchev–Trinajstić information content (AvgIpc) is 2.49. The van der Waals surface area contributed by atoms with Crippen molar-refractivity contribution < 1.29 is 44.2 Å². The number of H-pyrrole nitrogens is 1. The first-order valence-corrected chi connectivity index (χ1v) is 29.3. The second-order valence-corrected chi connectivity index (χ2v) is 23.6. The van der Waals surface area contributed by atoms with Gasteiger partial charge in [-0.05, 0) is 116 Å². The first-order chi connectivity index (χ1) is 39.9. The lowest BCUT2D eigenvalue weighted by molar-refractivity contribution is -0.174. The molecule has 4 bridgehead atoms. The Bertz CT molecular complexity index is 3340. The summed E-state index contributed by atoms with van der Waals surface area (Å²) in [6.07, 6.45) is 19.0. The van der Waals surface area contributed by atoms with Gasteiger partial charge in [-0.3, -0.25) is 20.1 Å². The normalized spacial score (nSPS) is 31.0. The predicted molar refractivity (Wildman–Crippen MR) is 309 cm³/mol. The molecule has 5 aromatic rings. The van der Waals surface area contributed by atoms with Gasteiger partial charge in [0.15, 0.2) is 29.0 Å². The maximum absolute atomic E-state index is 13.3.